The molecule has 0 heterocycles. The molecule has 0 aromatic heterocycles. The number of nitrogens with zero attached hydrogens (tertiary/aromatic N) is 2. The minimum Gasteiger partial charge on any atom is -0.409 e. The van der Waals surface area contributed by atoms with Gasteiger partial charge in [-0.15, -0.1) is 0 Å². The maximum atomic E-state index is 10.1. The molecular weight excluding hydrogens is 242 g/mol. The molecule has 0 bridgehead atoms. The molecule has 1 fully saturated rings. The number of anilines is 1. The van der Waals surface area contributed by atoms with Crippen molar-refractivity contribution in [2.45, 2.75) is 37.8 Å². The molecule has 19 heavy (non-hydrogen) atoms. The fourth-order valence-corrected chi connectivity index (χ4v) is 2.77. The molecule has 0 amide bonds. The van der Waals surface area contributed by atoms with Crippen LogP contribution in [0, 0.1) is 0 Å². The molecule has 1 saturated carbocycles. The number of nitrogens with two attached hydrogens (primary N) is 1. The fourth-order valence-electron chi connectivity index (χ4n) is 2.77. The van der Waals surface area contributed by atoms with Gasteiger partial charge >= 0.3 is 0 Å². The summed E-state index contributed by atoms with van der Waals surface area (Å²) in [6.45, 7) is 0. The quantitative estimate of drug-likeness (QED) is 0.334. The summed E-state index contributed by atoms with van der Waals surface area (Å²) in [5, 5.41) is 22.1. The molecule has 1 aromatic rings. The van der Waals surface area contributed by atoms with Crippen LogP contribution in [0.3, 0.4) is 0 Å². The zero-order valence-electron chi connectivity index (χ0n) is 11.2. The van der Waals surface area contributed by atoms with Crippen molar-refractivity contribution in [1.82, 2.24) is 0 Å². The number of likely N-dealkylation sites (N-methyl/N-ethyl adjacent to an activating group) is 1. The molecule has 1 aliphatic rings. The maximum absolute atomic E-state index is 10.1. The topological polar surface area (TPSA) is 82.1 Å². The van der Waals surface area contributed by atoms with Crippen molar-refractivity contribution in [2.24, 2.45) is 10.9 Å². The molecule has 5 heteroatoms. The molecule has 2 unspecified atom stereocenters. The number of benzene rings is 1. The van der Waals surface area contributed by atoms with Crippen molar-refractivity contribution < 1.29 is 10.3 Å². The normalized spacial score (nSPS) is 24.2. The van der Waals surface area contributed by atoms with Gasteiger partial charge in [-0.25, -0.2) is 0 Å². The average molecular weight is 263 g/mol. The maximum Gasteiger partial charge on any atom is 0.172 e. The Labute approximate surface area is 113 Å². The van der Waals surface area contributed by atoms with Crippen molar-refractivity contribution in [3.63, 3.8) is 0 Å². The number of aliphatic hydroxyl groups excluding tert-OH is 1. The average Bonchev–Trinajstić information content (AvgIpc) is 2.46. The minimum absolute atomic E-state index is 0.0846. The number of rotatable bonds is 3. The number of para-hydroxylation sites is 1. The van der Waals surface area contributed by atoms with E-state index in [9.17, 15) is 5.11 Å². The third-order valence-electron chi connectivity index (χ3n) is 3.86. The number of amidine groups is 1. The number of hydrogen-bond donors (Lipinski definition) is 3. The van der Waals surface area contributed by atoms with Gasteiger partial charge in [0.05, 0.1) is 12.1 Å². The second kappa shape index (κ2) is 5.93. The summed E-state index contributed by atoms with van der Waals surface area (Å²) in [6, 6.07) is 7.59. The highest BCUT2D eigenvalue weighted by Gasteiger charge is 2.28. The van der Waals surface area contributed by atoms with Crippen molar-refractivity contribution in [3.8, 4) is 0 Å². The van der Waals surface area contributed by atoms with Gasteiger partial charge in [0, 0.05) is 18.3 Å². The standard InChI is InChI=1S/C14H21N3O2/c1-17(12-8-4-5-9-13(12)18)11-7-3-2-6-10(11)14(15)16-19/h2-3,6-7,12-13,18-19H,4-5,8-9H2,1H3,(H2,15,16). The second-order valence-electron chi connectivity index (χ2n) is 5.03. The van der Waals surface area contributed by atoms with Crippen LogP contribution in [0.1, 0.15) is 31.2 Å². The summed E-state index contributed by atoms with van der Waals surface area (Å²) in [7, 11) is 1.95. The van der Waals surface area contributed by atoms with E-state index in [1.54, 1.807) is 0 Å². The van der Waals surface area contributed by atoms with Gasteiger partial charge in [0.25, 0.3) is 0 Å². The first kappa shape index (κ1) is 13.7. The van der Waals surface area contributed by atoms with Crippen molar-refractivity contribution >= 4 is 11.5 Å². The Morgan fingerprint density at radius 3 is 2.68 bits per heavy atom. The lowest BCUT2D eigenvalue weighted by atomic mass is 9.91. The molecule has 0 spiro atoms. The number of oxime groups is 1. The Kier molecular flexibility index (Phi) is 4.27. The van der Waals surface area contributed by atoms with Crippen molar-refractivity contribution in [1.29, 1.82) is 0 Å². The highest BCUT2D eigenvalue weighted by atomic mass is 16.4. The van der Waals surface area contributed by atoms with Crippen LogP contribution in [0.15, 0.2) is 29.4 Å². The second-order valence-corrected chi connectivity index (χ2v) is 5.03. The smallest absolute Gasteiger partial charge is 0.172 e. The Hall–Kier alpha value is -1.75. The Balaban J connectivity index is 2.30. The van der Waals surface area contributed by atoms with E-state index in [1.807, 2.05) is 36.2 Å². The number of hydrogen-bond acceptors (Lipinski definition) is 4. The monoisotopic (exact) mass is 263 g/mol. The summed E-state index contributed by atoms with van der Waals surface area (Å²) in [5.74, 6) is 0.0905. The lowest BCUT2D eigenvalue weighted by molar-refractivity contribution is 0.106. The van der Waals surface area contributed by atoms with Crippen LogP contribution >= 0.6 is 0 Å². The van der Waals surface area contributed by atoms with Crippen LogP contribution in [0.2, 0.25) is 0 Å². The van der Waals surface area contributed by atoms with Gasteiger partial charge in [-0.2, -0.15) is 0 Å². The van der Waals surface area contributed by atoms with Crippen LogP contribution < -0.4 is 10.6 Å². The van der Waals surface area contributed by atoms with Gasteiger partial charge in [-0.05, 0) is 25.0 Å². The lowest BCUT2D eigenvalue weighted by Gasteiger charge is -2.37. The number of aliphatic hydroxyl groups is 1. The summed E-state index contributed by atoms with van der Waals surface area (Å²) < 4.78 is 0. The highest BCUT2D eigenvalue weighted by Crippen LogP contribution is 2.28. The molecule has 1 aromatic carbocycles. The van der Waals surface area contributed by atoms with Crippen molar-refractivity contribution in [3.05, 3.63) is 29.8 Å². The largest absolute Gasteiger partial charge is 0.409 e. The predicted octanol–water partition coefficient (Wildman–Crippen LogP) is 1.52. The van der Waals surface area contributed by atoms with E-state index in [1.165, 1.54) is 0 Å². The first-order valence-electron chi connectivity index (χ1n) is 6.63. The summed E-state index contributed by atoms with van der Waals surface area (Å²) >= 11 is 0. The minimum atomic E-state index is -0.320. The van der Waals surface area contributed by atoms with E-state index < -0.39 is 0 Å². The molecule has 0 aliphatic heterocycles. The van der Waals surface area contributed by atoms with E-state index in [0.29, 0.717) is 5.56 Å². The summed E-state index contributed by atoms with van der Waals surface area (Å²) in [6.07, 6.45) is 3.67. The van der Waals surface area contributed by atoms with Gasteiger partial charge in [0.1, 0.15) is 0 Å². The molecule has 1 aliphatic carbocycles. The molecule has 4 N–H and O–H groups in total. The van der Waals surface area contributed by atoms with Gasteiger partial charge in [0.15, 0.2) is 5.84 Å². The van der Waals surface area contributed by atoms with E-state index in [2.05, 4.69) is 5.16 Å². The van der Waals surface area contributed by atoms with E-state index in [-0.39, 0.29) is 18.0 Å². The molecule has 5 nitrogen and oxygen atoms in total. The zero-order valence-corrected chi connectivity index (χ0v) is 11.2. The molecule has 2 rings (SSSR count). The van der Waals surface area contributed by atoms with Crippen LogP contribution in [-0.4, -0.2) is 35.3 Å². The first-order valence-corrected chi connectivity index (χ1v) is 6.63. The Morgan fingerprint density at radius 2 is 2.00 bits per heavy atom. The predicted molar refractivity (Wildman–Crippen MR) is 75.6 cm³/mol. The van der Waals surface area contributed by atoms with Gasteiger partial charge in [-0.1, -0.05) is 30.1 Å². The van der Waals surface area contributed by atoms with Gasteiger partial charge in [-0.3, -0.25) is 0 Å². The Morgan fingerprint density at radius 1 is 1.32 bits per heavy atom. The summed E-state index contributed by atoms with van der Waals surface area (Å²) in [5.41, 5.74) is 7.27. The molecule has 0 radical (unpaired) electrons. The molecule has 2 atom stereocenters. The molecule has 104 valence electrons. The van der Waals surface area contributed by atoms with Crippen LogP contribution in [-0.2, 0) is 0 Å². The van der Waals surface area contributed by atoms with E-state index in [0.717, 1.165) is 31.4 Å². The molecular formula is C14H21N3O2. The van der Waals surface area contributed by atoms with Crippen molar-refractivity contribution in [2.75, 3.05) is 11.9 Å². The zero-order chi connectivity index (χ0) is 13.8. The lowest BCUT2D eigenvalue weighted by Crippen LogP contribution is -2.44. The van der Waals surface area contributed by atoms with Crippen LogP contribution in [0.4, 0.5) is 5.69 Å². The summed E-state index contributed by atoms with van der Waals surface area (Å²) in [4.78, 5) is 2.04. The third kappa shape index (κ3) is 2.81. The van der Waals surface area contributed by atoms with Gasteiger partial charge in [0.2, 0.25) is 0 Å². The fraction of sp³-hybridized carbons (Fsp3) is 0.500. The third-order valence-corrected chi connectivity index (χ3v) is 3.86. The molecule has 0 saturated heterocycles. The van der Waals surface area contributed by atoms with E-state index >= 15 is 0 Å². The van der Waals surface area contributed by atoms with Crippen LogP contribution in [0.5, 0.6) is 0 Å². The Bertz CT molecular complexity index is 462. The van der Waals surface area contributed by atoms with Crippen LogP contribution in [0.25, 0.3) is 0 Å². The SMILES string of the molecule is CN(c1ccccc1/C(N)=N/O)C1CCCCC1O. The van der Waals surface area contributed by atoms with Gasteiger partial charge < -0.3 is 20.9 Å². The highest BCUT2D eigenvalue weighted by molar-refractivity contribution is 6.02. The first-order chi connectivity index (χ1) is 9.15. The van der Waals surface area contributed by atoms with E-state index in [4.69, 9.17) is 10.9 Å².